The van der Waals surface area contributed by atoms with Gasteiger partial charge >= 0.3 is 0 Å². The molecule has 2 N–H and O–H groups in total. The smallest absolute Gasteiger partial charge is 0.226 e. The van der Waals surface area contributed by atoms with Gasteiger partial charge < -0.3 is 15.2 Å². The zero-order valence-corrected chi connectivity index (χ0v) is 12.9. The molecule has 0 aliphatic carbocycles. The van der Waals surface area contributed by atoms with Gasteiger partial charge in [0, 0.05) is 6.54 Å². The molecule has 7 heteroatoms. The first-order valence-corrected chi connectivity index (χ1v) is 7.98. The number of aromatic nitrogens is 4. The number of imidazole rings is 1. The molecule has 1 aliphatic heterocycles. The highest BCUT2D eigenvalue weighted by Gasteiger charge is 2.11. The second-order valence-corrected chi connectivity index (χ2v) is 5.94. The number of nitrogens with two attached hydrogens (primary N) is 1. The molecule has 0 saturated carbocycles. The van der Waals surface area contributed by atoms with Crippen molar-refractivity contribution in [1.29, 1.82) is 0 Å². The van der Waals surface area contributed by atoms with Crippen molar-refractivity contribution in [2.24, 2.45) is 0 Å². The zero-order valence-electron chi connectivity index (χ0n) is 12.1. The molecule has 3 rings (SSSR count). The highest BCUT2D eigenvalue weighted by atomic mass is 35.5. The number of piperidine rings is 1. The summed E-state index contributed by atoms with van der Waals surface area (Å²) in [4.78, 5) is 15.0. The number of anilines is 1. The Morgan fingerprint density at radius 3 is 2.67 bits per heavy atom. The Morgan fingerprint density at radius 2 is 1.86 bits per heavy atom. The first-order chi connectivity index (χ1) is 10.2. The Kier molecular flexibility index (Phi) is 4.55. The Morgan fingerprint density at radius 1 is 1.10 bits per heavy atom. The van der Waals surface area contributed by atoms with Crippen LogP contribution in [0.2, 0.25) is 5.28 Å². The molecule has 0 spiro atoms. The first kappa shape index (κ1) is 14.5. The second kappa shape index (κ2) is 6.58. The van der Waals surface area contributed by atoms with Crippen molar-refractivity contribution in [3.63, 3.8) is 0 Å². The largest absolute Gasteiger partial charge is 0.382 e. The molecular formula is C14H21ClN6. The van der Waals surface area contributed by atoms with Gasteiger partial charge in [-0.3, -0.25) is 0 Å². The van der Waals surface area contributed by atoms with Crippen LogP contribution in [0.1, 0.15) is 32.1 Å². The van der Waals surface area contributed by atoms with Crippen molar-refractivity contribution in [3.05, 3.63) is 11.6 Å². The number of nitrogens with zero attached hydrogens (tertiary/aromatic N) is 5. The van der Waals surface area contributed by atoms with Gasteiger partial charge in [-0.25, -0.2) is 4.98 Å². The van der Waals surface area contributed by atoms with Crippen LogP contribution < -0.4 is 5.73 Å². The fourth-order valence-electron chi connectivity index (χ4n) is 2.90. The molecule has 2 aromatic heterocycles. The molecule has 0 amide bonds. The van der Waals surface area contributed by atoms with Crippen LogP contribution in [0.25, 0.3) is 11.2 Å². The predicted octanol–water partition coefficient (Wildman–Crippen LogP) is 2.33. The lowest BCUT2D eigenvalue weighted by atomic mass is 10.1. The summed E-state index contributed by atoms with van der Waals surface area (Å²) >= 11 is 5.87. The van der Waals surface area contributed by atoms with Gasteiger partial charge in [-0.2, -0.15) is 9.97 Å². The van der Waals surface area contributed by atoms with Crippen LogP contribution in [0.4, 0.5) is 5.82 Å². The Hall–Kier alpha value is -1.40. The third kappa shape index (κ3) is 3.44. The van der Waals surface area contributed by atoms with E-state index in [2.05, 4.69) is 19.9 Å². The van der Waals surface area contributed by atoms with Gasteiger partial charge in [0.05, 0.1) is 6.33 Å². The van der Waals surface area contributed by atoms with Crippen molar-refractivity contribution < 1.29 is 0 Å². The third-order valence-electron chi connectivity index (χ3n) is 4.04. The number of fused-ring (bicyclic) bond motifs is 1. The summed E-state index contributed by atoms with van der Waals surface area (Å²) in [5, 5.41) is 0.176. The molecule has 0 radical (unpaired) electrons. The minimum absolute atomic E-state index is 0.176. The van der Waals surface area contributed by atoms with Gasteiger partial charge in [0.1, 0.15) is 5.52 Å². The number of nitrogen functional groups attached to an aromatic ring is 1. The van der Waals surface area contributed by atoms with Crippen LogP contribution in [0.15, 0.2) is 6.33 Å². The summed E-state index contributed by atoms with van der Waals surface area (Å²) < 4.78 is 2.01. The van der Waals surface area contributed by atoms with E-state index in [0.717, 1.165) is 18.6 Å². The normalized spacial score (nSPS) is 16.6. The fraction of sp³-hybridized carbons (Fsp3) is 0.643. The maximum Gasteiger partial charge on any atom is 0.226 e. The van der Waals surface area contributed by atoms with Crippen LogP contribution in [0.3, 0.4) is 0 Å². The van der Waals surface area contributed by atoms with Gasteiger partial charge in [-0.05, 0) is 56.9 Å². The topological polar surface area (TPSA) is 72.9 Å². The number of unbranched alkanes of at least 4 members (excludes halogenated alkanes) is 1. The van der Waals surface area contributed by atoms with E-state index in [0.29, 0.717) is 11.3 Å². The molecule has 0 aromatic carbocycles. The van der Waals surface area contributed by atoms with E-state index in [1.165, 1.54) is 45.3 Å². The van der Waals surface area contributed by atoms with Crippen molar-refractivity contribution >= 4 is 28.6 Å². The van der Waals surface area contributed by atoms with Crippen LogP contribution in [-0.4, -0.2) is 44.1 Å². The number of rotatable bonds is 5. The van der Waals surface area contributed by atoms with Crippen molar-refractivity contribution in [3.8, 4) is 0 Å². The first-order valence-electron chi connectivity index (χ1n) is 7.60. The van der Waals surface area contributed by atoms with Crippen LogP contribution in [0.5, 0.6) is 0 Å². The van der Waals surface area contributed by atoms with E-state index in [9.17, 15) is 0 Å². The number of hydrogen-bond acceptors (Lipinski definition) is 5. The lowest BCUT2D eigenvalue weighted by Gasteiger charge is -2.26. The standard InChI is InChI=1S/C14H21ClN6/c15-14-18-12(16)11-13(19-14)21(10-17-11)9-5-4-8-20-6-2-1-3-7-20/h10H,1-9H2,(H2,16,18,19). The Balaban J connectivity index is 1.55. The predicted molar refractivity (Wildman–Crippen MR) is 84.3 cm³/mol. The van der Waals surface area contributed by atoms with Crippen molar-refractivity contribution in [2.45, 2.75) is 38.6 Å². The van der Waals surface area contributed by atoms with E-state index in [-0.39, 0.29) is 5.28 Å². The Labute approximate surface area is 129 Å². The maximum absolute atomic E-state index is 5.87. The van der Waals surface area contributed by atoms with Gasteiger partial charge in [0.25, 0.3) is 0 Å². The average Bonchev–Trinajstić information content (AvgIpc) is 2.88. The van der Waals surface area contributed by atoms with E-state index in [1.54, 1.807) is 6.33 Å². The van der Waals surface area contributed by atoms with Gasteiger partial charge in [0.15, 0.2) is 11.5 Å². The second-order valence-electron chi connectivity index (χ2n) is 5.60. The number of likely N-dealkylation sites (tertiary alicyclic amines) is 1. The minimum Gasteiger partial charge on any atom is -0.382 e. The molecule has 21 heavy (non-hydrogen) atoms. The van der Waals surface area contributed by atoms with Crippen LogP contribution >= 0.6 is 11.6 Å². The summed E-state index contributed by atoms with van der Waals surface area (Å²) in [5.41, 5.74) is 7.17. The average molecular weight is 309 g/mol. The number of halogens is 1. The number of hydrogen-bond donors (Lipinski definition) is 1. The zero-order chi connectivity index (χ0) is 14.7. The molecule has 1 saturated heterocycles. The van der Waals surface area contributed by atoms with E-state index in [4.69, 9.17) is 17.3 Å². The highest BCUT2D eigenvalue weighted by molar-refractivity contribution is 6.28. The summed E-state index contributed by atoms with van der Waals surface area (Å²) in [7, 11) is 0. The summed E-state index contributed by atoms with van der Waals surface area (Å²) in [6.07, 6.45) is 8.14. The Bertz CT molecular complexity index is 605. The quantitative estimate of drug-likeness (QED) is 0.678. The summed E-state index contributed by atoms with van der Waals surface area (Å²) in [6.45, 7) is 4.59. The minimum atomic E-state index is 0.176. The van der Waals surface area contributed by atoms with Crippen LogP contribution in [-0.2, 0) is 6.54 Å². The van der Waals surface area contributed by atoms with Crippen molar-refractivity contribution in [1.82, 2.24) is 24.4 Å². The third-order valence-corrected chi connectivity index (χ3v) is 4.20. The number of aryl methyl sites for hydroxylation is 1. The summed E-state index contributed by atoms with van der Waals surface area (Å²) in [5.74, 6) is 0.345. The fourth-order valence-corrected chi connectivity index (χ4v) is 3.07. The molecule has 114 valence electrons. The highest BCUT2D eigenvalue weighted by Crippen LogP contribution is 2.18. The molecule has 3 heterocycles. The molecule has 0 unspecified atom stereocenters. The SMILES string of the molecule is Nc1nc(Cl)nc2c1ncn2CCCCN1CCCCC1. The summed E-state index contributed by atoms with van der Waals surface area (Å²) in [6, 6.07) is 0. The molecular weight excluding hydrogens is 288 g/mol. The van der Waals surface area contributed by atoms with Gasteiger partial charge in [-0.15, -0.1) is 0 Å². The molecule has 1 fully saturated rings. The monoisotopic (exact) mass is 308 g/mol. The molecule has 1 aliphatic rings. The molecule has 0 atom stereocenters. The molecule has 6 nitrogen and oxygen atoms in total. The van der Waals surface area contributed by atoms with E-state index >= 15 is 0 Å². The van der Waals surface area contributed by atoms with E-state index in [1.807, 2.05) is 4.57 Å². The van der Waals surface area contributed by atoms with Gasteiger partial charge in [0.2, 0.25) is 5.28 Å². The molecule has 0 bridgehead atoms. The lowest BCUT2D eigenvalue weighted by molar-refractivity contribution is 0.223. The van der Waals surface area contributed by atoms with Crippen molar-refractivity contribution in [2.75, 3.05) is 25.4 Å². The van der Waals surface area contributed by atoms with Crippen LogP contribution in [0, 0.1) is 0 Å². The van der Waals surface area contributed by atoms with E-state index < -0.39 is 0 Å². The maximum atomic E-state index is 5.87. The molecule has 2 aromatic rings. The van der Waals surface area contributed by atoms with Gasteiger partial charge in [-0.1, -0.05) is 6.42 Å². The lowest BCUT2D eigenvalue weighted by Crippen LogP contribution is -2.30.